The van der Waals surface area contributed by atoms with Crippen molar-refractivity contribution >= 4 is 5.91 Å². The normalized spacial score (nSPS) is 20.2. The fraction of sp³-hybridized carbons (Fsp3) is 0.640. The van der Waals surface area contributed by atoms with Crippen molar-refractivity contribution in [2.75, 3.05) is 39.8 Å². The third-order valence-electron chi connectivity index (χ3n) is 6.43. The summed E-state index contributed by atoms with van der Waals surface area (Å²) in [6.45, 7) is 7.22. The van der Waals surface area contributed by atoms with Crippen LogP contribution in [0.1, 0.15) is 57.4 Å². The first-order valence-electron chi connectivity index (χ1n) is 11.5. The molecule has 160 valence electrons. The lowest BCUT2D eigenvalue weighted by Crippen LogP contribution is -2.43. The predicted molar refractivity (Wildman–Crippen MR) is 119 cm³/mol. The van der Waals surface area contributed by atoms with Gasteiger partial charge in [0, 0.05) is 32.6 Å². The zero-order valence-electron chi connectivity index (χ0n) is 18.4. The molecule has 1 atom stereocenters. The molecule has 1 heterocycles. The van der Waals surface area contributed by atoms with E-state index in [1.165, 1.54) is 43.4 Å². The molecule has 29 heavy (non-hydrogen) atoms. The van der Waals surface area contributed by atoms with Crippen molar-refractivity contribution in [1.29, 1.82) is 0 Å². The molecule has 1 aliphatic carbocycles. The van der Waals surface area contributed by atoms with Crippen molar-refractivity contribution in [3.8, 4) is 5.75 Å². The maximum absolute atomic E-state index is 12.8. The molecule has 0 N–H and O–H groups in total. The first-order valence-corrected chi connectivity index (χ1v) is 11.5. The fourth-order valence-corrected chi connectivity index (χ4v) is 4.71. The summed E-state index contributed by atoms with van der Waals surface area (Å²) >= 11 is 0. The standard InChI is InChI=1S/C25H38N2O2/c1-3-27(25(28)18-21-9-5-4-6-10-21)20-23-12-8-15-26(19-23)16-14-22-11-7-13-24(17-22)29-2/h7,9,11,13,17,23H,3-6,8,10,12,14-16,18-20H2,1-2H3/t23-/m0/s1. The molecule has 0 aromatic heterocycles. The number of amides is 1. The monoisotopic (exact) mass is 398 g/mol. The number of allylic oxidation sites excluding steroid dienone is 1. The van der Waals surface area contributed by atoms with E-state index in [0.717, 1.165) is 51.2 Å². The molecular formula is C25H38N2O2. The molecule has 1 saturated heterocycles. The van der Waals surface area contributed by atoms with Crippen LogP contribution in [0.15, 0.2) is 35.9 Å². The van der Waals surface area contributed by atoms with Gasteiger partial charge in [-0.25, -0.2) is 0 Å². The molecule has 3 rings (SSSR count). The number of rotatable bonds is 9. The third kappa shape index (κ3) is 6.88. The Morgan fingerprint density at radius 3 is 2.93 bits per heavy atom. The van der Waals surface area contributed by atoms with Gasteiger partial charge in [-0.3, -0.25) is 4.79 Å². The lowest BCUT2D eigenvalue weighted by atomic mass is 9.95. The van der Waals surface area contributed by atoms with Crippen molar-refractivity contribution in [3.63, 3.8) is 0 Å². The Kier molecular flexibility index (Phi) is 8.60. The highest BCUT2D eigenvalue weighted by Crippen LogP contribution is 2.23. The van der Waals surface area contributed by atoms with Crippen LogP contribution in [0.3, 0.4) is 0 Å². The van der Waals surface area contributed by atoms with Gasteiger partial charge in [0.1, 0.15) is 5.75 Å². The lowest BCUT2D eigenvalue weighted by Gasteiger charge is -2.35. The molecule has 1 aliphatic heterocycles. The van der Waals surface area contributed by atoms with Crippen molar-refractivity contribution in [2.45, 2.75) is 58.3 Å². The molecule has 0 unspecified atom stereocenters. The van der Waals surface area contributed by atoms with Gasteiger partial charge in [-0.2, -0.15) is 0 Å². The fourth-order valence-electron chi connectivity index (χ4n) is 4.71. The zero-order valence-corrected chi connectivity index (χ0v) is 18.4. The van der Waals surface area contributed by atoms with Gasteiger partial charge in [0.25, 0.3) is 0 Å². The molecule has 0 saturated carbocycles. The summed E-state index contributed by atoms with van der Waals surface area (Å²) in [7, 11) is 1.72. The number of hydrogen-bond donors (Lipinski definition) is 0. The van der Waals surface area contributed by atoms with Crippen LogP contribution in [0.4, 0.5) is 0 Å². The SMILES string of the molecule is CCN(C[C@H]1CCCN(CCc2cccc(OC)c2)C1)C(=O)CC1=CCCCC1. The molecular weight excluding hydrogens is 360 g/mol. The van der Waals surface area contributed by atoms with E-state index in [-0.39, 0.29) is 0 Å². The predicted octanol–water partition coefficient (Wildman–Crippen LogP) is 4.69. The highest BCUT2D eigenvalue weighted by atomic mass is 16.5. The molecule has 0 radical (unpaired) electrons. The summed E-state index contributed by atoms with van der Waals surface area (Å²) in [6, 6.07) is 8.39. The first kappa shape index (κ1) is 21.9. The van der Waals surface area contributed by atoms with Gasteiger partial charge in [0.2, 0.25) is 5.91 Å². The van der Waals surface area contributed by atoms with E-state index in [2.05, 4.69) is 41.0 Å². The van der Waals surface area contributed by atoms with E-state index in [4.69, 9.17) is 4.74 Å². The molecule has 0 bridgehead atoms. The second-order valence-corrected chi connectivity index (χ2v) is 8.63. The van der Waals surface area contributed by atoms with E-state index < -0.39 is 0 Å². The first-order chi connectivity index (χ1) is 14.2. The van der Waals surface area contributed by atoms with Gasteiger partial charge < -0.3 is 14.5 Å². The highest BCUT2D eigenvalue weighted by Gasteiger charge is 2.24. The minimum atomic E-state index is 0.328. The molecule has 1 amide bonds. The Morgan fingerprint density at radius 1 is 1.28 bits per heavy atom. The van der Waals surface area contributed by atoms with Crippen molar-refractivity contribution in [3.05, 3.63) is 41.5 Å². The summed E-state index contributed by atoms with van der Waals surface area (Å²) in [5.74, 6) is 1.86. The van der Waals surface area contributed by atoms with Crippen LogP contribution >= 0.6 is 0 Å². The van der Waals surface area contributed by atoms with E-state index in [0.29, 0.717) is 18.2 Å². The maximum atomic E-state index is 12.8. The van der Waals surface area contributed by atoms with Crippen molar-refractivity contribution < 1.29 is 9.53 Å². The van der Waals surface area contributed by atoms with Crippen LogP contribution in [0.2, 0.25) is 0 Å². The second kappa shape index (κ2) is 11.4. The number of benzene rings is 1. The number of carbonyl (C=O) groups is 1. The summed E-state index contributed by atoms with van der Waals surface area (Å²) < 4.78 is 5.34. The Bertz CT molecular complexity index is 685. The van der Waals surface area contributed by atoms with Gasteiger partial charge >= 0.3 is 0 Å². The summed E-state index contributed by atoms with van der Waals surface area (Å²) in [6.07, 6.45) is 11.3. The van der Waals surface area contributed by atoms with Gasteiger partial charge in [-0.05, 0) is 82.0 Å². The minimum absolute atomic E-state index is 0.328. The van der Waals surface area contributed by atoms with E-state index in [1.807, 2.05) is 6.07 Å². The Morgan fingerprint density at radius 2 is 2.17 bits per heavy atom. The van der Waals surface area contributed by atoms with Crippen molar-refractivity contribution in [1.82, 2.24) is 9.80 Å². The summed E-state index contributed by atoms with van der Waals surface area (Å²) in [4.78, 5) is 17.5. The van der Waals surface area contributed by atoms with Crippen LogP contribution in [-0.4, -0.2) is 55.5 Å². The number of piperidine rings is 1. The number of ether oxygens (including phenoxy) is 1. The molecule has 4 heteroatoms. The Balaban J connectivity index is 1.47. The van der Waals surface area contributed by atoms with Gasteiger partial charge in [0.05, 0.1) is 7.11 Å². The largest absolute Gasteiger partial charge is 0.497 e. The number of hydrogen-bond acceptors (Lipinski definition) is 3. The third-order valence-corrected chi connectivity index (χ3v) is 6.43. The van der Waals surface area contributed by atoms with Crippen LogP contribution < -0.4 is 4.74 Å². The Hall–Kier alpha value is -1.81. The van der Waals surface area contributed by atoms with E-state index >= 15 is 0 Å². The molecule has 2 aliphatic rings. The lowest BCUT2D eigenvalue weighted by molar-refractivity contribution is -0.131. The molecule has 4 nitrogen and oxygen atoms in total. The topological polar surface area (TPSA) is 32.8 Å². The zero-order chi connectivity index (χ0) is 20.5. The van der Waals surface area contributed by atoms with Crippen molar-refractivity contribution in [2.24, 2.45) is 5.92 Å². The van der Waals surface area contributed by atoms with Crippen LogP contribution in [-0.2, 0) is 11.2 Å². The summed E-state index contributed by atoms with van der Waals surface area (Å²) in [5, 5.41) is 0. The van der Waals surface area contributed by atoms with Crippen LogP contribution in [0.5, 0.6) is 5.75 Å². The number of methoxy groups -OCH3 is 1. The van der Waals surface area contributed by atoms with Gasteiger partial charge in [-0.15, -0.1) is 0 Å². The summed E-state index contributed by atoms with van der Waals surface area (Å²) in [5.41, 5.74) is 2.70. The minimum Gasteiger partial charge on any atom is -0.497 e. The smallest absolute Gasteiger partial charge is 0.226 e. The molecule has 1 aromatic carbocycles. The maximum Gasteiger partial charge on any atom is 0.226 e. The highest BCUT2D eigenvalue weighted by molar-refractivity contribution is 5.78. The second-order valence-electron chi connectivity index (χ2n) is 8.63. The van der Waals surface area contributed by atoms with Crippen LogP contribution in [0, 0.1) is 5.92 Å². The van der Waals surface area contributed by atoms with Crippen LogP contribution in [0.25, 0.3) is 0 Å². The molecule has 1 aromatic rings. The Labute approximate surface area is 176 Å². The number of likely N-dealkylation sites (tertiary alicyclic amines) is 1. The average molecular weight is 399 g/mol. The molecule has 0 spiro atoms. The average Bonchev–Trinajstić information content (AvgIpc) is 2.77. The number of carbonyl (C=O) groups excluding carboxylic acids is 1. The van der Waals surface area contributed by atoms with E-state index in [9.17, 15) is 4.79 Å². The van der Waals surface area contributed by atoms with Gasteiger partial charge in [-0.1, -0.05) is 23.8 Å². The van der Waals surface area contributed by atoms with Gasteiger partial charge in [0.15, 0.2) is 0 Å². The van der Waals surface area contributed by atoms with E-state index in [1.54, 1.807) is 7.11 Å². The number of nitrogens with zero attached hydrogens (tertiary/aromatic N) is 2. The molecule has 1 fully saturated rings. The quantitative estimate of drug-likeness (QED) is 0.566.